The molecule has 1 aliphatic rings. The molecule has 25 heavy (non-hydrogen) atoms. The van der Waals surface area contributed by atoms with E-state index < -0.39 is 6.10 Å². The number of furan rings is 1. The molecule has 2 heterocycles. The maximum Gasteiger partial charge on any atom is 0.319 e. The highest BCUT2D eigenvalue weighted by Gasteiger charge is 2.13. The molecule has 134 valence electrons. The van der Waals surface area contributed by atoms with Crippen LogP contribution in [0.25, 0.3) is 0 Å². The van der Waals surface area contributed by atoms with Gasteiger partial charge in [-0.25, -0.2) is 4.79 Å². The van der Waals surface area contributed by atoms with Gasteiger partial charge in [-0.2, -0.15) is 0 Å². The number of aliphatic hydroxyl groups is 1. The number of carbonyl (C=O) groups excluding carboxylic acids is 1. The molecule has 1 aromatic carbocycles. The Hall–Kier alpha value is -2.47. The Bertz CT molecular complexity index is 664. The number of aliphatic hydroxyl groups excluding tert-OH is 1. The van der Waals surface area contributed by atoms with Crippen molar-refractivity contribution < 1.29 is 14.3 Å². The van der Waals surface area contributed by atoms with E-state index in [1.54, 1.807) is 12.1 Å². The molecule has 0 radical (unpaired) electrons. The third kappa shape index (κ3) is 5.00. The summed E-state index contributed by atoms with van der Waals surface area (Å²) < 4.78 is 5.11. The monoisotopic (exact) mass is 343 g/mol. The van der Waals surface area contributed by atoms with Crippen molar-refractivity contribution in [3.8, 4) is 0 Å². The molecule has 0 aliphatic carbocycles. The summed E-state index contributed by atoms with van der Waals surface area (Å²) in [4.78, 5) is 14.4. The summed E-state index contributed by atoms with van der Waals surface area (Å²) in [5, 5.41) is 15.4. The Morgan fingerprint density at radius 3 is 2.68 bits per heavy atom. The Morgan fingerprint density at radius 1 is 1.16 bits per heavy atom. The van der Waals surface area contributed by atoms with Crippen molar-refractivity contribution in [1.29, 1.82) is 0 Å². The van der Waals surface area contributed by atoms with Crippen molar-refractivity contribution in [2.24, 2.45) is 0 Å². The van der Waals surface area contributed by atoms with Crippen LogP contribution in [0.15, 0.2) is 47.1 Å². The van der Waals surface area contributed by atoms with Gasteiger partial charge in [0.2, 0.25) is 0 Å². The van der Waals surface area contributed by atoms with E-state index in [-0.39, 0.29) is 12.6 Å². The van der Waals surface area contributed by atoms with Crippen molar-refractivity contribution in [3.63, 3.8) is 0 Å². The summed E-state index contributed by atoms with van der Waals surface area (Å²) in [6.45, 7) is 2.21. The molecule has 1 aliphatic heterocycles. The van der Waals surface area contributed by atoms with Crippen molar-refractivity contribution in [2.45, 2.75) is 31.8 Å². The zero-order valence-electron chi connectivity index (χ0n) is 14.3. The maximum atomic E-state index is 12.1. The van der Waals surface area contributed by atoms with Crippen molar-refractivity contribution in [2.75, 3.05) is 29.9 Å². The first kappa shape index (κ1) is 17.4. The number of hydrogen-bond acceptors (Lipinski definition) is 4. The maximum absolute atomic E-state index is 12.1. The number of nitrogens with one attached hydrogen (secondary N) is 2. The molecule has 1 fully saturated rings. The molecule has 1 atom stereocenters. The fourth-order valence-corrected chi connectivity index (χ4v) is 3.06. The van der Waals surface area contributed by atoms with E-state index in [0.717, 1.165) is 24.5 Å². The number of anilines is 2. The molecule has 1 aromatic heterocycles. The molecule has 0 spiro atoms. The molecule has 0 bridgehead atoms. The minimum absolute atomic E-state index is 0.0885. The molecule has 2 amide bonds. The molecule has 6 nitrogen and oxygen atoms in total. The van der Waals surface area contributed by atoms with E-state index in [2.05, 4.69) is 21.6 Å². The predicted molar refractivity (Wildman–Crippen MR) is 97.8 cm³/mol. The number of nitrogens with zero attached hydrogens (tertiary/aromatic N) is 1. The summed E-state index contributed by atoms with van der Waals surface area (Å²) >= 11 is 0. The number of amides is 2. The summed E-state index contributed by atoms with van der Waals surface area (Å²) in [7, 11) is 0. The molecule has 2 aromatic rings. The van der Waals surface area contributed by atoms with Gasteiger partial charge < -0.3 is 25.1 Å². The van der Waals surface area contributed by atoms with Crippen molar-refractivity contribution in [1.82, 2.24) is 5.32 Å². The molecule has 0 unspecified atom stereocenters. The Balaban J connectivity index is 1.53. The number of urea groups is 1. The first-order chi connectivity index (χ1) is 12.2. The van der Waals surface area contributed by atoms with Crippen LogP contribution in [0.3, 0.4) is 0 Å². The second-order valence-electron chi connectivity index (χ2n) is 6.32. The highest BCUT2D eigenvalue weighted by atomic mass is 16.4. The molecule has 1 saturated heterocycles. The first-order valence-corrected chi connectivity index (χ1v) is 8.84. The fraction of sp³-hybridized carbons (Fsp3) is 0.421. The van der Waals surface area contributed by atoms with Crippen LogP contribution in [0, 0.1) is 0 Å². The van der Waals surface area contributed by atoms with Crippen LogP contribution in [-0.2, 0) is 0 Å². The van der Waals surface area contributed by atoms with Gasteiger partial charge >= 0.3 is 6.03 Å². The molecule has 3 N–H and O–H groups in total. The summed E-state index contributed by atoms with van der Waals surface area (Å²) in [5.41, 5.74) is 1.88. The zero-order chi connectivity index (χ0) is 17.5. The average Bonchev–Trinajstić information content (AvgIpc) is 3.02. The van der Waals surface area contributed by atoms with E-state index in [1.165, 1.54) is 31.9 Å². The summed E-state index contributed by atoms with van der Waals surface area (Å²) in [6.07, 6.45) is 5.63. The largest absolute Gasteiger partial charge is 0.467 e. The zero-order valence-corrected chi connectivity index (χ0v) is 14.3. The van der Waals surface area contributed by atoms with E-state index in [1.807, 2.05) is 18.2 Å². The van der Waals surface area contributed by atoms with Crippen molar-refractivity contribution >= 4 is 17.4 Å². The van der Waals surface area contributed by atoms with E-state index in [4.69, 9.17) is 4.42 Å². The first-order valence-electron chi connectivity index (χ1n) is 8.84. The van der Waals surface area contributed by atoms with Gasteiger partial charge in [0.05, 0.1) is 12.8 Å². The third-order valence-electron chi connectivity index (χ3n) is 4.40. The second kappa shape index (κ2) is 8.58. The summed E-state index contributed by atoms with van der Waals surface area (Å²) in [6, 6.07) is 10.9. The van der Waals surface area contributed by atoms with Gasteiger partial charge in [0.15, 0.2) is 0 Å². The normalized spacial score (nSPS) is 16.1. The van der Waals surface area contributed by atoms with Crippen LogP contribution in [0.5, 0.6) is 0 Å². The number of rotatable bonds is 5. The number of hydrogen-bond donors (Lipinski definition) is 3. The lowest BCUT2D eigenvalue weighted by atomic mass is 10.2. The average molecular weight is 343 g/mol. The van der Waals surface area contributed by atoms with Crippen LogP contribution < -0.4 is 15.5 Å². The molecular weight excluding hydrogens is 318 g/mol. The van der Waals surface area contributed by atoms with E-state index >= 15 is 0 Å². The Labute approximate surface area is 147 Å². The minimum atomic E-state index is -0.857. The van der Waals surface area contributed by atoms with Crippen molar-refractivity contribution in [3.05, 3.63) is 48.4 Å². The topological polar surface area (TPSA) is 77.7 Å². The van der Waals surface area contributed by atoms with Crippen LogP contribution >= 0.6 is 0 Å². The predicted octanol–water partition coefficient (Wildman–Crippen LogP) is 3.52. The van der Waals surface area contributed by atoms with Gasteiger partial charge in [0, 0.05) is 24.5 Å². The van der Waals surface area contributed by atoms with Gasteiger partial charge in [0.25, 0.3) is 0 Å². The van der Waals surface area contributed by atoms with Crippen LogP contribution in [0.1, 0.15) is 37.5 Å². The Morgan fingerprint density at radius 2 is 1.96 bits per heavy atom. The lowest BCUT2D eigenvalue weighted by Gasteiger charge is -2.23. The van der Waals surface area contributed by atoms with Crippen LogP contribution in [0.2, 0.25) is 0 Å². The third-order valence-corrected chi connectivity index (χ3v) is 4.40. The number of carbonyl (C=O) groups is 1. The highest BCUT2D eigenvalue weighted by molar-refractivity contribution is 5.89. The van der Waals surface area contributed by atoms with E-state index in [9.17, 15) is 9.90 Å². The second-order valence-corrected chi connectivity index (χ2v) is 6.32. The van der Waals surface area contributed by atoms with Gasteiger partial charge in [-0.1, -0.05) is 18.9 Å². The Kier molecular flexibility index (Phi) is 5.95. The van der Waals surface area contributed by atoms with E-state index in [0.29, 0.717) is 5.76 Å². The quantitative estimate of drug-likeness (QED) is 0.776. The molecule has 0 saturated carbocycles. The van der Waals surface area contributed by atoms with Gasteiger partial charge in [-0.15, -0.1) is 0 Å². The van der Waals surface area contributed by atoms with Crippen LogP contribution in [-0.4, -0.2) is 30.8 Å². The lowest BCUT2D eigenvalue weighted by molar-refractivity contribution is 0.149. The standard InChI is InChI=1S/C19H25N3O3/c23-17(18-9-6-12-25-18)14-20-19(24)21-15-7-5-8-16(13-15)22-10-3-1-2-4-11-22/h5-9,12-13,17,23H,1-4,10-11,14H2,(H2,20,21,24)/t17-/m0/s1. The highest BCUT2D eigenvalue weighted by Crippen LogP contribution is 2.22. The minimum Gasteiger partial charge on any atom is -0.467 e. The van der Waals surface area contributed by atoms with Gasteiger partial charge in [-0.3, -0.25) is 0 Å². The molecule has 6 heteroatoms. The smallest absolute Gasteiger partial charge is 0.319 e. The van der Waals surface area contributed by atoms with Crippen LogP contribution in [0.4, 0.5) is 16.2 Å². The number of benzene rings is 1. The SMILES string of the molecule is O=C(NC[C@H](O)c1ccco1)Nc1cccc(N2CCCCCC2)c1. The van der Waals surface area contributed by atoms with Gasteiger partial charge in [-0.05, 0) is 43.2 Å². The van der Waals surface area contributed by atoms with Gasteiger partial charge in [0.1, 0.15) is 11.9 Å². The summed E-state index contributed by atoms with van der Waals surface area (Å²) in [5.74, 6) is 0.434. The lowest BCUT2D eigenvalue weighted by Crippen LogP contribution is -2.32. The fourth-order valence-electron chi connectivity index (χ4n) is 3.06. The molecular formula is C19H25N3O3. The molecule has 3 rings (SSSR count).